The molecule has 142 valence electrons. The van der Waals surface area contributed by atoms with Crippen molar-refractivity contribution in [1.29, 1.82) is 5.26 Å². The summed E-state index contributed by atoms with van der Waals surface area (Å²) in [5.41, 5.74) is 6.50. The first kappa shape index (κ1) is 20.2. The van der Waals surface area contributed by atoms with E-state index in [0.717, 1.165) is 41.5 Å². The molecule has 2 nitrogen and oxygen atoms in total. The average molecular weight is 401 g/mol. The van der Waals surface area contributed by atoms with Crippen LogP contribution >= 0.6 is 24.0 Å². The number of hydrogen-bond acceptors (Lipinski definition) is 2. The average Bonchev–Trinajstić information content (AvgIpc) is 3.12. The molecule has 0 atom stereocenters. The number of halogens is 2. The van der Waals surface area contributed by atoms with Gasteiger partial charge in [0.1, 0.15) is 0 Å². The summed E-state index contributed by atoms with van der Waals surface area (Å²) in [5, 5.41) is 9.68. The highest BCUT2D eigenvalue weighted by molar-refractivity contribution is 6.30. The molecule has 4 rings (SSSR count). The van der Waals surface area contributed by atoms with Gasteiger partial charge in [-0.3, -0.25) is 4.98 Å². The molecule has 0 unspecified atom stereocenters. The van der Waals surface area contributed by atoms with Gasteiger partial charge in [0, 0.05) is 22.7 Å². The number of hydrogen-bond donors (Lipinski definition) is 0. The third-order valence-electron chi connectivity index (χ3n) is 6.12. The van der Waals surface area contributed by atoms with Crippen LogP contribution in [0.25, 0.3) is 11.3 Å². The number of fused-ring (bicyclic) bond motifs is 1. The maximum atomic E-state index is 8.92. The van der Waals surface area contributed by atoms with Crippen LogP contribution in [0.5, 0.6) is 0 Å². The summed E-state index contributed by atoms with van der Waals surface area (Å²) in [6.07, 6.45) is 10.4. The molecule has 0 spiro atoms. The number of aryl methyl sites for hydroxylation is 1. The van der Waals surface area contributed by atoms with Crippen molar-refractivity contribution in [3.8, 4) is 17.3 Å². The van der Waals surface area contributed by atoms with Gasteiger partial charge in [0.25, 0.3) is 0 Å². The number of nitriles is 1. The van der Waals surface area contributed by atoms with E-state index in [2.05, 4.69) is 18.2 Å². The van der Waals surface area contributed by atoms with Crippen LogP contribution in [0.3, 0.4) is 0 Å². The summed E-state index contributed by atoms with van der Waals surface area (Å²) in [5.74, 6) is 1.38. The Kier molecular flexibility index (Phi) is 6.79. The standard InChI is InChI=1S/C23H25ClN2.ClH/c24-20-4-1-3-18(14-20)23-15-19(21-5-2-6-22(21)26-23)13-17-9-7-16(8-10-17)11-12-25;/h1,3-4,14-17H,2,5-11,13H2;1H. The lowest BCUT2D eigenvalue weighted by Crippen LogP contribution is -2.17. The number of benzene rings is 1. The summed E-state index contributed by atoms with van der Waals surface area (Å²) in [6.45, 7) is 0. The van der Waals surface area contributed by atoms with E-state index in [1.54, 1.807) is 0 Å². The third-order valence-corrected chi connectivity index (χ3v) is 6.35. The molecule has 0 bridgehead atoms. The number of rotatable bonds is 4. The Hall–Kier alpha value is -1.56. The highest BCUT2D eigenvalue weighted by Crippen LogP contribution is 2.36. The summed E-state index contributed by atoms with van der Waals surface area (Å²) < 4.78 is 0. The van der Waals surface area contributed by atoms with Gasteiger partial charge in [-0.2, -0.15) is 5.26 Å². The second-order valence-corrected chi connectivity index (χ2v) is 8.35. The molecule has 0 amide bonds. The van der Waals surface area contributed by atoms with Gasteiger partial charge in [0.05, 0.1) is 11.8 Å². The minimum atomic E-state index is 0. The monoisotopic (exact) mass is 400 g/mol. The van der Waals surface area contributed by atoms with E-state index in [0.29, 0.717) is 5.92 Å². The van der Waals surface area contributed by atoms with E-state index in [1.807, 2.05) is 18.2 Å². The van der Waals surface area contributed by atoms with Crippen molar-refractivity contribution in [1.82, 2.24) is 4.98 Å². The van der Waals surface area contributed by atoms with Crippen LogP contribution in [-0.4, -0.2) is 4.98 Å². The molecule has 1 aromatic carbocycles. The molecule has 1 heterocycles. The van der Waals surface area contributed by atoms with Crippen molar-refractivity contribution in [3.63, 3.8) is 0 Å². The van der Waals surface area contributed by atoms with Crippen LogP contribution in [-0.2, 0) is 19.3 Å². The lowest BCUT2D eigenvalue weighted by atomic mass is 9.78. The molecule has 0 N–H and O–H groups in total. The molecule has 1 fully saturated rings. The Morgan fingerprint density at radius 2 is 1.85 bits per heavy atom. The largest absolute Gasteiger partial charge is 0.253 e. The minimum Gasteiger partial charge on any atom is -0.253 e. The van der Waals surface area contributed by atoms with E-state index in [1.165, 1.54) is 55.3 Å². The van der Waals surface area contributed by atoms with Crippen LogP contribution in [0.15, 0.2) is 30.3 Å². The number of nitrogens with zero attached hydrogens (tertiary/aromatic N) is 2. The van der Waals surface area contributed by atoms with Gasteiger partial charge in [0.2, 0.25) is 0 Å². The Labute approximate surface area is 173 Å². The maximum Gasteiger partial charge on any atom is 0.0708 e. The zero-order valence-corrected chi connectivity index (χ0v) is 17.2. The fourth-order valence-corrected chi connectivity index (χ4v) is 4.87. The first-order valence-corrected chi connectivity index (χ1v) is 10.3. The van der Waals surface area contributed by atoms with Gasteiger partial charge < -0.3 is 0 Å². The Balaban J connectivity index is 0.00000210. The Morgan fingerprint density at radius 1 is 1.07 bits per heavy atom. The van der Waals surface area contributed by atoms with Crippen LogP contribution in [0.4, 0.5) is 0 Å². The van der Waals surface area contributed by atoms with Crippen molar-refractivity contribution < 1.29 is 0 Å². The number of aromatic nitrogens is 1. The molecule has 0 radical (unpaired) electrons. The zero-order chi connectivity index (χ0) is 17.9. The lowest BCUT2D eigenvalue weighted by molar-refractivity contribution is 0.276. The SMILES string of the molecule is Cl.N#CCC1CCC(Cc2cc(-c3cccc(Cl)c3)nc3c2CCC3)CC1. The molecule has 4 heteroatoms. The van der Waals surface area contributed by atoms with Crippen molar-refractivity contribution in [2.24, 2.45) is 11.8 Å². The predicted molar refractivity (Wildman–Crippen MR) is 113 cm³/mol. The van der Waals surface area contributed by atoms with Crippen molar-refractivity contribution in [2.45, 2.75) is 57.8 Å². The molecular formula is C23H26Cl2N2. The van der Waals surface area contributed by atoms with Gasteiger partial charge in [-0.1, -0.05) is 23.7 Å². The number of pyridine rings is 1. The first-order valence-electron chi connectivity index (χ1n) is 9.87. The van der Waals surface area contributed by atoms with Gasteiger partial charge in [0.15, 0.2) is 0 Å². The second-order valence-electron chi connectivity index (χ2n) is 7.91. The quantitative estimate of drug-likeness (QED) is 0.581. The van der Waals surface area contributed by atoms with E-state index < -0.39 is 0 Å². The van der Waals surface area contributed by atoms with Crippen LogP contribution < -0.4 is 0 Å². The topological polar surface area (TPSA) is 36.7 Å². The third kappa shape index (κ3) is 4.65. The van der Waals surface area contributed by atoms with E-state index in [9.17, 15) is 0 Å². The molecule has 0 saturated heterocycles. The molecular weight excluding hydrogens is 375 g/mol. The second kappa shape index (κ2) is 9.09. The molecule has 0 aliphatic heterocycles. The normalized spacial score (nSPS) is 21.2. The Bertz CT molecular complexity index is 833. The highest BCUT2D eigenvalue weighted by Gasteiger charge is 2.24. The van der Waals surface area contributed by atoms with Crippen LogP contribution in [0.2, 0.25) is 5.02 Å². The maximum absolute atomic E-state index is 8.92. The van der Waals surface area contributed by atoms with Crippen LogP contribution in [0, 0.1) is 23.2 Å². The van der Waals surface area contributed by atoms with Gasteiger partial charge >= 0.3 is 0 Å². The summed E-state index contributed by atoms with van der Waals surface area (Å²) >= 11 is 6.20. The summed E-state index contributed by atoms with van der Waals surface area (Å²) in [7, 11) is 0. The first-order chi connectivity index (χ1) is 12.7. The highest BCUT2D eigenvalue weighted by atomic mass is 35.5. The van der Waals surface area contributed by atoms with E-state index in [4.69, 9.17) is 21.8 Å². The zero-order valence-electron chi connectivity index (χ0n) is 15.6. The van der Waals surface area contributed by atoms with Crippen LogP contribution in [0.1, 0.15) is 55.3 Å². The fraction of sp³-hybridized carbons (Fsp3) is 0.478. The van der Waals surface area contributed by atoms with Crippen molar-refractivity contribution in [2.75, 3.05) is 0 Å². The molecule has 2 aromatic rings. The minimum absolute atomic E-state index is 0. The van der Waals surface area contributed by atoms with Crippen molar-refractivity contribution >= 4 is 24.0 Å². The smallest absolute Gasteiger partial charge is 0.0708 e. The Morgan fingerprint density at radius 3 is 2.59 bits per heavy atom. The molecule has 27 heavy (non-hydrogen) atoms. The van der Waals surface area contributed by atoms with Gasteiger partial charge in [-0.15, -0.1) is 12.4 Å². The van der Waals surface area contributed by atoms with E-state index in [-0.39, 0.29) is 12.4 Å². The van der Waals surface area contributed by atoms with Gasteiger partial charge in [-0.25, -0.2) is 0 Å². The van der Waals surface area contributed by atoms with Crippen molar-refractivity contribution in [3.05, 3.63) is 52.2 Å². The molecule has 1 saturated carbocycles. The van der Waals surface area contributed by atoms with Gasteiger partial charge in [-0.05, 0) is 92.5 Å². The predicted octanol–water partition coefficient (Wildman–Crippen LogP) is 6.58. The molecule has 2 aliphatic carbocycles. The molecule has 2 aliphatic rings. The lowest BCUT2D eigenvalue weighted by Gasteiger charge is -2.28. The fourth-order valence-electron chi connectivity index (χ4n) is 4.68. The summed E-state index contributed by atoms with van der Waals surface area (Å²) in [6, 6.07) is 12.7. The summed E-state index contributed by atoms with van der Waals surface area (Å²) in [4.78, 5) is 4.96. The van der Waals surface area contributed by atoms with E-state index >= 15 is 0 Å². The molecule has 1 aromatic heterocycles.